The number of benzene rings is 1. The Morgan fingerprint density at radius 2 is 1.92 bits per heavy atom. The molecule has 0 radical (unpaired) electrons. The van der Waals surface area contributed by atoms with Crippen LogP contribution in [0.3, 0.4) is 0 Å². The van der Waals surface area contributed by atoms with Gasteiger partial charge in [0.2, 0.25) is 5.91 Å². The van der Waals surface area contributed by atoms with E-state index in [9.17, 15) is 4.79 Å². The van der Waals surface area contributed by atoms with Crippen molar-refractivity contribution in [1.82, 2.24) is 15.1 Å². The van der Waals surface area contributed by atoms with Gasteiger partial charge in [-0.15, -0.1) is 0 Å². The molecule has 0 aliphatic carbocycles. The summed E-state index contributed by atoms with van der Waals surface area (Å²) in [5.41, 5.74) is 2.29. The number of likely N-dealkylation sites (N-methyl/N-ethyl adjacent to an activating group) is 1. The van der Waals surface area contributed by atoms with E-state index in [1.54, 1.807) is 18.4 Å². The second kappa shape index (κ2) is 9.16. The van der Waals surface area contributed by atoms with E-state index >= 15 is 0 Å². The lowest BCUT2D eigenvalue weighted by Crippen LogP contribution is -2.48. The van der Waals surface area contributed by atoms with E-state index in [0.717, 1.165) is 37.5 Å². The first-order chi connectivity index (χ1) is 12.7. The molecule has 1 aliphatic rings. The normalized spacial score (nSPS) is 17.0. The first kappa shape index (κ1) is 18.9. The van der Waals surface area contributed by atoms with E-state index in [-0.39, 0.29) is 11.9 Å². The minimum atomic E-state index is 0.0597. The summed E-state index contributed by atoms with van der Waals surface area (Å²) in [6.07, 6.45) is 0.392. The van der Waals surface area contributed by atoms with Gasteiger partial charge in [-0.3, -0.25) is 9.69 Å². The number of thiophene rings is 1. The number of hydrogen-bond acceptors (Lipinski definition) is 5. The summed E-state index contributed by atoms with van der Waals surface area (Å²) >= 11 is 1.71. The zero-order chi connectivity index (χ0) is 18.4. The van der Waals surface area contributed by atoms with Crippen LogP contribution in [-0.2, 0) is 11.2 Å². The second-order valence-corrected chi connectivity index (χ2v) is 7.52. The van der Waals surface area contributed by atoms with Crippen LogP contribution in [0.2, 0.25) is 0 Å². The Bertz CT molecular complexity index is 680. The van der Waals surface area contributed by atoms with Crippen LogP contribution < -0.4 is 10.1 Å². The predicted molar refractivity (Wildman–Crippen MR) is 106 cm³/mol. The largest absolute Gasteiger partial charge is 0.497 e. The third-order valence-corrected chi connectivity index (χ3v) is 5.62. The number of nitrogens with zero attached hydrogens (tertiary/aromatic N) is 2. The monoisotopic (exact) mass is 373 g/mol. The Morgan fingerprint density at radius 1 is 1.19 bits per heavy atom. The van der Waals surface area contributed by atoms with Gasteiger partial charge in [0.25, 0.3) is 0 Å². The Kier molecular flexibility index (Phi) is 6.66. The first-order valence-corrected chi connectivity index (χ1v) is 9.94. The molecule has 26 heavy (non-hydrogen) atoms. The molecular formula is C20H27N3O2S. The summed E-state index contributed by atoms with van der Waals surface area (Å²) < 4.78 is 5.16. The average molecular weight is 374 g/mol. The maximum atomic E-state index is 12.4. The fourth-order valence-electron chi connectivity index (χ4n) is 3.26. The molecule has 3 rings (SSSR count). The number of nitrogens with one attached hydrogen (secondary N) is 1. The molecule has 2 heterocycles. The first-order valence-electron chi connectivity index (χ1n) is 9.00. The van der Waals surface area contributed by atoms with E-state index in [0.29, 0.717) is 13.0 Å². The van der Waals surface area contributed by atoms with E-state index in [4.69, 9.17) is 4.74 Å². The van der Waals surface area contributed by atoms with Crippen molar-refractivity contribution in [3.05, 3.63) is 52.2 Å². The molecule has 1 fully saturated rings. The lowest BCUT2D eigenvalue weighted by atomic mass is 10.1. The van der Waals surface area contributed by atoms with Gasteiger partial charge < -0.3 is 15.0 Å². The van der Waals surface area contributed by atoms with Crippen LogP contribution in [0.4, 0.5) is 0 Å². The topological polar surface area (TPSA) is 44.8 Å². The fraction of sp³-hybridized carbons (Fsp3) is 0.450. The minimum absolute atomic E-state index is 0.0597. The predicted octanol–water partition coefficient (Wildman–Crippen LogP) is 2.40. The van der Waals surface area contributed by atoms with Crippen LogP contribution in [0, 0.1) is 0 Å². The highest BCUT2D eigenvalue weighted by Crippen LogP contribution is 2.23. The van der Waals surface area contributed by atoms with Crippen molar-refractivity contribution >= 4 is 17.2 Å². The number of carbonyl (C=O) groups excluding carboxylic acids is 1. The smallest absolute Gasteiger partial charge is 0.224 e. The molecule has 1 aromatic carbocycles. The average Bonchev–Trinajstić information content (AvgIpc) is 3.18. The van der Waals surface area contributed by atoms with Crippen molar-refractivity contribution in [2.45, 2.75) is 12.5 Å². The molecule has 2 aromatic rings. The van der Waals surface area contributed by atoms with Gasteiger partial charge in [0.15, 0.2) is 0 Å². The van der Waals surface area contributed by atoms with Crippen LogP contribution in [0.1, 0.15) is 17.2 Å². The molecule has 0 saturated carbocycles. The molecule has 1 atom stereocenters. The van der Waals surface area contributed by atoms with Gasteiger partial charge >= 0.3 is 0 Å². The molecule has 140 valence electrons. The number of ether oxygens (including phenoxy) is 1. The molecule has 1 amide bonds. The molecular weight excluding hydrogens is 346 g/mol. The van der Waals surface area contributed by atoms with E-state index in [1.807, 2.05) is 24.3 Å². The van der Waals surface area contributed by atoms with Gasteiger partial charge in [-0.2, -0.15) is 11.3 Å². The molecule has 5 nitrogen and oxygen atoms in total. The van der Waals surface area contributed by atoms with Crippen molar-refractivity contribution in [2.24, 2.45) is 0 Å². The highest BCUT2D eigenvalue weighted by Gasteiger charge is 2.24. The van der Waals surface area contributed by atoms with Gasteiger partial charge in [-0.25, -0.2) is 0 Å². The highest BCUT2D eigenvalue weighted by molar-refractivity contribution is 7.07. The highest BCUT2D eigenvalue weighted by atomic mass is 32.1. The van der Waals surface area contributed by atoms with Crippen molar-refractivity contribution < 1.29 is 9.53 Å². The Labute approximate surface area is 159 Å². The number of carbonyl (C=O) groups is 1. The molecule has 0 spiro atoms. The van der Waals surface area contributed by atoms with Crippen LogP contribution in [0.5, 0.6) is 5.75 Å². The van der Waals surface area contributed by atoms with Crippen molar-refractivity contribution in [3.8, 4) is 5.75 Å². The number of methoxy groups -OCH3 is 1. The third-order valence-electron chi connectivity index (χ3n) is 4.92. The number of hydrogen-bond donors (Lipinski definition) is 1. The minimum Gasteiger partial charge on any atom is -0.497 e. The summed E-state index contributed by atoms with van der Waals surface area (Å²) in [4.78, 5) is 17.2. The quantitative estimate of drug-likeness (QED) is 0.810. The summed E-state index contributed by atoms with van der Waals surface area (Å²) in [5.74, 6) is 0.867. The van der Waals surface area contributed by atoms with Crippen LogP contribution >= 0.6 is 11.3 Å². The summed E-state index contributed by atoms with van der Waals surface area (Å²) in [6, 6.07) is 10.1. The van der Waals surface area contributed by atoms with Crippen molar-refractivity contribution in [3.63, 3.8) is 0 Å². The zero-order valence-corrected chi connectivity index (χ0v) is 16.3. The fourth-order valence-corrected chi connectivity index (χ4v) is 3.96. The third kappa shape index (κ3) is 5.06. The summed E-state index contributed by atoms with van der Waals surface area (Å²) in [6.45, 7) is 4.85. The summed E-state index contributed by atoms with van der Waals surface area (Å²) in [5, 5.41) is 7.44. The van der Waals surface area contributed by atoms with E-state index in [1.165, 1.54) is 5.56 Å². The molecule has 1 N–H and O–H groups in total. The SMILES string of the molecule is COc1ccc(CC(=O)NC[C@@H](c2ccsc2)N2CCN(C)CC2)cc1. The summed E-state index contributed by atoms with van der Waals surface area (Å²) in [7, 11) is 3.80. The molecule has 0 bridgehead atoms. The van der Waals surface area contributed by atoms with Gasteiger partial charge in [0.1, 0.15) is 5.75 Å². The molecule has 6 heteroatoms. The number of amides is 1. The molecule has 1 saturated heterocycles. The van der Waals surface area contributed by atoms with Crippen molar-refractivity contribution in [2.75, 3.05) is 46.9 Å². The van der Waals surface area contributed by atoms with E-state index < -0.39 is 0 Å². The molecule has 1 aliphatic heterocycles. The Hall–Kier alpha value is -1.89. The lowest BCUT2D eigenvalue weighted by Gasteiger charge is -2.38. The Balaban J connectivity index is 1.57. The molecule has 0 unspecified atom stereocenters. The maximum Gasteiger partial charge on any atom is 0.224 e. The lowest BCUT2D eigenvalue weighted by molar-refractivity contribution is -0.120. The number of piperazine rings is 1. The van der Waals surface area contributed by atoms with Crippen LogP contribution in [0.25, 0.3) is 0 Å². The maximum absolute atomic E-state index is 12.4. The van der Waals surface area contributed by atoms with Gasteiger partial charge in [-0.1, -0.05) is 12.1 Å². The number of rotatable bonds is 7. The van der Waals surface area contributed by atoms with Crippen molar-refractivity contribution in [1.29, 1.82) is 0 Å². The van der Waals surface area contributed by atoms with Crippen LogP contribution in [0.15, 0.2) is 41.1 Å². The zero-order valence-electron chi connectivity index (χ0n) is 15.5. The van der Waals surface area contributed by atoms with E-state index in [2.05, 4.69) is 39.0 Å². The molecule has 1 aromatic heterocycles. The second-order valence-electron chi connectivity index (χ2n) is 6.74. The van der Waals surface area contributed by atoms with Crippen LogP contribution in [-0.4, -0.2) is 62.6 Å². The van der Waals surface area contributed by atoms with Gasteiger partial charge in [-0.05, 0) is 47.1 Å². The standard InChI is InChI=1S/C20H27N3O2S/c1-22-8-10-23(11-9-22)19(17-7-12-26-15-17)14-21-20(24)13-16-3-5-18(25-2)6-4-16/h3-7,12,15,19H,8-11,13-14H2,1-2H3,(H,21,24)/t19-/m0/s1. The Morgan fingerprint density at radius 3 is 2.54 bits per heavy atom. The van der Waals surface area contributed by atoms with Gasteiger partial charge in [0.05, 0.1) is 19.6 Å². The van der Waals surface area contributed by atoms with Gasteiger partial charge in [0, 0.05) is 32.7 Å².